The average molecular weight is 366 g/mol. The summed E-state index contributed by atoms with van der Waals surface area (Å²) in [6, 6.07) is 6.40. The molecule has 1 N–H and O–H groups in total. The van der Waals surface area contributed by atoms with Gasteiger partial charge in [-0.3, -0.25) is 9.69 Å². The second kappa shape index (κ2) is 6.75. The summed E-state index contributed by atoms with van der Waals surface area (Å²) in [6.07, 6.45) is 6.15. The zero-order valence-corrected chi connectivity index (χ0v) is 15.7. The van der Waals surface area contributed by atoms with Gasteiger partial charge in [0.25, 0.3) is 0 Å². The second-order valence-electron chi connectivity index (χ2n) is 8.26. The molecule has 5 heterocycles. The third-order valence-electron chi connectivity index (χ3n) is 6.35. The molecule has 3 aliphatic heterocycles. The first kappa shape index (κ1) is 16.9. The Bertz CT molecular complexity index is 831. The van der Waals surface area contributed by atoms with E-state index in [1.165, 1.54) is 6.42 Å². The number of hydrogen-bond acceptors (Lipinski definition) is 5. The minimum atomic E-state index is 0.253. The molecule has 1 amide bonds. The number of nitrogens with zero attached hydrogens (tertiary/aromatic N) is 3. The first-order valence-electron chi connectivity index (χ1n) is 10.1. The summed E-state index contributed by atoms with van der Waals surface area (Å²) in [5, 5.41) is 3.17. The Labute approximate surface area is 159 Å². The summed E-state index contributed by atoms with van der Waals surface area (Å²) < 4.78 is 5.53. The number of carbonyl (C=O) groups excluding carboxylic acids is 1. The fourth-order valence-corrected chi connectivity index (χ4v) is 4.73. The highest BCUT2D eigenvalue weighted by molar-refractivity contribution is 5.80. The molecule has 4 fully saturated rings. The quantitative estimate of drug-likeness (QED) is 0.881. The molecule has 6 heteroatoms. The molecule has 27 heavy (non-hydrogen) atoms. The van der Waals surface area contributed by atoms with Gasteiger partial charge in [-0.15, -0.1) is 0 Å². The summed E-state index contributed by atoms with van der Waals surface area (Å²) in [4.78, 5) is 23.8. The number of rotatable bonds is 5. The predicted molar refractivity (Wildman–Crippen MR) is 101 cm³/mol. The van der Waals surface area contributed by atoms with Gasteiger partial charge in [0.2, 0.25) is 5.91 Å². The molecular weight excluding hydrogens is 340 g/mol. The highest BCUT2D eigenvalue weighted by Gasteiger charge is 2.42. The first-order chi connectivity index (χ1) is 13.2. The van der Waals surface area contributed by atoms with E-state index >= 15 is 0 Å². The lowest BCUT2D eigenvalue weighted by atomic mass is 9.74. The number of carbonyl (C=O) groups is 1. The number of hydrogen-bond donors (Lipinski definition) is 1. The molecule has 4 atom stereocenters. The van der Waals surface area contributed by atoms with Gasteiger partial charge >= 0.3 is 0 Å². The largest absolute Gasteiger partial charge is 0.463 e. The maximum absolute atomic E-state index is 12.0. The molecule has 1 saturated carbocycles. The van der Waals surface area contributed by atoms with Crippen molar-refractivity contribution >= 4 is 5.91 Å². The minimum absolute atomic E-state index is 0.253. The lowest BCUT2D eigenvalue weighted by Crippen LogP contribution is -2.56. The maximum Gasteiger partial charge on any atom is 0.223 e. The third kappa shape index (κ3) is 3.38. The molecule has 142 valence electrons. The smallest absolute Gasteiger partial charge is 0.223 e. The van der Waals surface area contributed by atoms with E-state index in [9.17, 15) is 4.79 Å². The van der Waals surface area contributed by atoms with Crippen molar-refractivity contribution in [3.8, 4) is 11.5 Å². The summed E-state index contributed by atoms with van der Waals surface area (Å²) in [6.45, 7) is 4.88. The Kier molecular flexibility index (Phi) is 4.23. The lowest BCUT2D eigenvalue weighted by molar-refractivity contribution is -0.122. The predicted octanol–water partition coefficient (Wildman–Crippen LogP) is 2.75. The van der Waals surface area contributed by atoms with Gasteiger partial charge < -0.3 is 9.73 Å². The molecule has 1 unspecified atom stereocenters. The van der Waals surface area contributed by atoms with E-state index in [0.717, 1.165) is 61.9 Å². The molecule has 0 radical (unpaired) electrons. The monoisotopic (exact) mass is 366 g/mol. The normalized spacial score (nSPS) is 29.7. The van der Waals surface area contributed by atoms with Crippen molar-refractivity contribution in [1.82, 2.24) is 20.2 Å². The molecule has 3 saturated heterocycles. The average Bonchev–Trinajstić information content (AvgIpc) is 3.40. The number of furan rings is 1. The van der Waals surface area contributed by atoms with E-state index in [2.05, 4.69) is 21.3 Å². The lowest BCUT2D eigenvalue weighted by Gasteiger charge is -2.49. The van der Waals surface area contributed by atoms with Gasteiger partial charge in [-0.25, -0.2) is 9.97 Å². The zero-order chi connectivity index (χ0) is 18.4. The van der Waals surface area contributed by atoms with Crippen LogP contribution in [-0.4, -0.2) is 46.5 Å². The molecule has 6 rings (SSSR count). The van der Waals surface area contributed by atoms with E-state index in [1.54, 1.807) is 6.26 Å². The van der Waals surface area contributed by atoms with Gasteiger partial charge in [-0.05, 0) is 63.3 Å². The van der Waals surface area contributed by atoms with Gasteiger partial charge in [0.15, 0.2) is 5.76 Å². The minimum Gasteiger partial charge on any atom is -0.463 e. The van der Waals surface area contributed by atoms with Crippen LogP contribution in [0.15, 0.2) is 28.9 Å². The Hall–Kier alpha value is -2.21. The van der Waals surface area contributed by atoms with Gasteiger partial charge in [-0.2, -0.15) is 0 Å². The maximum atomic E-state index is 12.0. The summed E-state index contributed by atoms with van der Waals surface area (Å²) >= 11 is 0. The fraction of sp³-hybridized carbons (Fsp3) is 0.571. The van der Waals surface area contributed by atoms with E-state index in [1.807, 2.05) is 19.1 Å². The zero-order valence-electron chi connectivity index (χ0n) is 15.7. The number of aromatic nitrogens is 2. The summed E-state index contributed by atoms with van der Waals surface area (Å²) in [5.74, 6) is 3.19. The summed E-state index contributed by atoms with van der Waals surface area (Å²) in [5.41, 5.74) is 2.00. The van der Waals surface area contributed by atoms with Crippen molar-refractivity contribution in [2.24, 2.45) is 11.8 Å². The van der Waals surface area contributed by atoms with Crippen LogP contribution < -0.4 is 5.32 Å². The third-order valence-corrected chi connectivity index (χ3v) is 6.35. The molecule has 0 aromatic carbocycles. The van der Waals surface area contributed by atoms with E-state index in [-0.39, 0.29) is 11.8 Å². The van der Waals surface area contributed by atoms with Crippen molar-refractivity contribution in [1.29, 1.82) is 0 Å². The summed E-state index contributed by atoms with van der Waals surface area (Å²) in [7, 11) is 0. The molecule has 2 bridgehead atoms. The van der Waals surface area contributed by atoms with Gasteiger partial charge in [0.1, 0.15) is 11.5 Å². The Morgan fingerprint density at radius 2 is 2.22 bits per heavy atom. The van der Waals surface area contributed by atoms with Crippen LogP contribution in [0.4, 0.5) is 0 Å². The van der Waals surface area contributed by atoms with Crippen LogP contribution in [0.5, 0.6) is 0 Å². The van der Waals surface area contributed by atoms with E-state index < -0.39 is 0 Å². The van der Waals surface area contributed by atoms with Crippen molar-refractivity contribution in [3.63, 3.8) is 0 Å². The second-order valence-corrected chi connectivity index (χ2v) is 8.26. The number of nitrogens with one attached hydrogen (secondary N) is 1. The number of piperidine rings is 3. The van der Waals surface area contributed by atoms with Crippen LogP contribution in [-0.2, 0) is 4.79 Å². The van der Waals surface area contributed by atoms with E-state index in [0.29, 0.717) is 17.9 Å². The van der Waals surface area contributed by atoms with Crippen molar-refractivity contribution in [3.05, 3.63) is 36.0 Å². The van der Waals surface area contributed by atoms with Gasteiger partial charge in [0.05, 0.1) is 6.26 Å². The van der Waals surface area contributed by atoms with Crippen LogP contribution in [0, 0.1) is 18.8 Å². The molecule has 2 aromatic heterocycles. The Morgan fingerprint density at radius 1 is 1.33 bits per heavy atom. The van der Waals surface area contributed by atoms with Crippen LogP contribution in [0.25, 0.3) is 11.5 Å². The van der Waals surface area contributed by atoms with Crippen LogP contribution >= 0.6 is 0 Å². The molecule has 6 nitrogen and oxygen atoms in total. The molecule has 0 spiro atoms. The SMILES string of the molecule is Cc1nc(-c2ccco2)cc([C@H]2CN3CC[C@H]2C[C@@H]3CNC(=O)C2CC2)n1. The number of aryl methyl sites for hydroxylation is 1. The number of fused-ring (bicyclic) bond motifs is 3. The van der Waals surface area contributed by atoms with Gasteiger partial charge in [0, 0.05) is 36.7 Å². The van der Waals surface area contributed by atoms with Gasteiger partial charge in [-0.1, -0.05) is 0 Å². The number of amides is 1. The highest BCUT2D eigenvalue weighted by atomic mass is 16.3. The Morgan fingerprint density at radius 3 is 2.93 bits per heavy atom. The Balaban J connectivity index is 1.31. The highest BCUT2D eigenvalue weighted by Crippen LogP contribution is 2.41. The molecule has 2 aromatic rings. The fourth-order valence-electron chi connectivity index (χ4n) is 4.73. The van der Waals surface area contributed by atoms with Crippen molar-refractivity contribution in [2.45, 2.75) is 44.6 Å². The topological polar surface area (TPSA) is 71.3 Å². The van der Waals surface area contributed by atoms with Crippen LogP contribution in [0.1, 0.15) is 43.1 Å². The van der Waals surface area contributed by atoms with Crippen molar-refractivity contribution in [2.75, 3.05) is 19.6 Å². The van der Waals surface area contributed by atoms with E-state index in [4.69, 9.17) is 9.40 Å². The van der Waals surface area contributed by atoms with Crippen molar-refractivity contribution < 1.29 is 9.21 Å². The van der Waals surface area contributed by atoms with Crippen LogP contribution in [0.2, 0.25) is 0 Å². The standard InChI is InChI=1S/C21H26N4O2/c1-13-23-18(10-19(24-13)20-3-2-8-27-20)17-12-25-7-6-15(17)9-16(25)11-22-21(26)14-4-5-14/h2-3,8,10,14-17H,4-7,9,11-12H2,1H3,(H,22,26)/t15-,16+,17-/m0/s1. The molecule has 4 aliphatic rings. The molecule has 1 aliphatic carbocycles. The molecular formula is C21H26N4O2. The van der Waals surface area contributed by atoms with Crippen LogP contribution in [0.3, 0.4) is 0 Å². The first-order valence-corrected chi connectivity index (χ1v) is 10.1.